The van der Waals surface area contributed by atoms with Gasteiger partial charge in [-0.3, -0.25) is 9.59 Å². The summed E-state index contributed by atoms with van der Waals surface area (Å²) < 4.78 is 32.8. The normalized spacial score (nSPS) is 17.4. The molecule has 1 fully saturated rings. The lowest BCUT2D eigenvalue weighted by molar-refractivity contribution is -0.146. The van der Waals surface area contributed by atoms with E-state index in [1.54, 1.807) is 42.8 Å². The van der Waals surface area contributed by atoms with Crippen LogP contribution in [-0.4, -0.2) is 68.9 Å². The lowest BCUT2D eigenvalue weighted by Gasteiger charge is -2.41. The smallest absolute Gasteiger partial charge is 0.259 e. The Morgan fingerprint density at radius 1 is 1.23 bits per heavy atom. The van der Waals surface area contributed by atoms with Gasteiger partial charge in [0.2, 0.25) is 5.91 Å². The average Bonchev–Trinajstić information content (AvgIpc) is 3.33. The Balaban J connectivity index is 1.89. The van der Waals surface area contributed by atoms with Crippen LogP contribution in [0.3, 0.4) is 0 Å². The molecule has 0 aliphatic carbocycles. The number of carbonyl (C=O) groups is 2. The fourth-order valence-corrected chi connectivity index (χ4v) is 6.13. The van der Waals surface area contributed by atoms with Crippen molar-refractivity contribution in [3.63, 3.8) is 0 Å². The maximum Gasteiger partial charge on any atom is 0.259 e. The van der Waals surface area contributed by atoms with Gasteiger partial charge in [0.05, 0.1) is 13.5 Å². The van der Waals surface area contributed by atoms with Gasteiger partial charge < -0.3 is 20.7 Å². The van der Waals surface area contributed by atoms with E-state index in [2.05, 4.69) is 5.32 Å². The molecular weight excluding hydrogens is 440 g/mol. The van der Waals surface area contributed by atoms with Crippen LogP contribution in [-0.2, 0) is 26.0 Å². The summed E-state index contributed by atoms with van der Waals surface area (Å²) in [5.41, 5.74) is 6.23. The summed E-state index contributed by atoms with van der Waals surface area (Å²) in [4.78, 5) is 27.4. The summed E-state index contributed by atoms with van der Waals surface area (Å²) in [6.07, 6.45) is -0.796. The molecule has 3 rings (SSSR count). The Bertz CT molecular complexity index is 993. The number of nitrogens with zero attached hydrogens (tertiary/aromatic N) is 2. The van der Waals surface area contributed by atoms with Crippen LogP contribution < -0.4 is 15.8 Å². The molecule has 1 aliphatic rings. The average molecular weight is 467 g/mol. The van der Waals surface area contributed by atoms with Gasteiger partial charge in [0, 0.05) is 26.2 Å². The largest absolute Gasteiger partial charge is 0.497 e. The summed E-state index contributed by atoms with van der Waals surface area (Å²) >= 11 is 1.07. The van der Waals surface area contributed by atoms with Crippen molar-refractivity contribution in [3.8, 4) is 5.75 Å². The number of thiophene rings is 1. The highest BCUT2D eigenvalue weighted by Gasteiger charge is 2.44. The van der Waals surface area contributed by atoms with E-state index in [9.17, 15) is 18.0 Å². The molecular formula is C20H26N4O5S2. The van der Waals surface area contributed by atoms with Crippen molar-refractivity contribution in [1.29, 1.82) is 0 Å². The SMILES string of the molecule is COc1ccc(CC(=O)N2CCCN(S(=O)(=O)c3cccs3)C2C(=O)NCCN)cc1. The number of nitrogens with one attached hydrogen (secondary N) is 1. The van der Waals surface area contributed by atoms with Gasteiger partial charge in [-0.15, -0.1) is 11.3 Å². The molecule has 2 aromatic rings. The maximum absolute atomic E-state index is 13.2. The van der Waals surface area contributed by atoms with E-state index in [1.165, 1.54) is 11.0 Å². The summed E-state index contributed by atoms with van der Waals surface area (Å²) in [7, 11) is -2.38. The highest BCUT2D eigenvalue weighted by molar-refractivity contribution is 7.91. The Kier molecular flexibility index (Phi) is 7.65. The molecule has 0 radical (unpaired) electrons. The van der Waals surface area contributed by atoms with Gasteiger partial charge in [-0.1, -0.05) is 18.2 Å². The number of carbonyl (C=O) groups excluding carboxylic acids is 2. The van der Waals surface area contributed by atoms with Gasteiger partial charge in [-0.25, -0.2) is 8.42 Å². The van der Waals surface area contributed by atoms with Gasteiger partial charge in [0.25, 0.3) is 15.9 Å². The monoisotopic (exact) mass is 466 g/mol. The van der Waals surface area contributed by atoms with Gasteiger partial charge in [-0.05, 0) is 35.6 Å². The molecule has 1 saturated heterocycles. The van der Waals surface area contributed by atoms with Gasteiger partial charge in [0.15, 0.2) is 6.17 Å². The molecule has 3 N–H and O–H groups in total. The van der Waals surface area contributed by atoms with Crippen molar-refractivity contribution in [2.24, 2.45) is 5.73 Å². The van der Waals surface area contributed by atoms with E-state index < -0.39 is 22.1 Å². The zero-order valence-electron chi connectivity index (χ0n) is 17.2. The quantitative estimate of drug-likeness (QED) is 0.588. The summed E-state index contributed by atoms with van der Waals surface area (Å²) in [5, 5.41) is 4.30. The second-order valence-electron chi connectivity index (χ2n) is 6.97. The maximum atomic E-state index is 13.2. The molecule has 9 nitrogen and oxygen atoms in total. The van der Waals surface area contributed by atoms with Gasteiger partial charge in [0.1, 0.15) is 9.96 Å². The number of ether oxygens (including phenoxy) is 1. The lowest BCUT2D eigenvalue weighted by atomic mass is 10.1. The highest BCUT2D eigenvalue weighted by atomic mass is 32.2. The minimum Gasteiger partial charge on any atom is -0.497 e. The first kappa shape index (κ1) is 23.2. The van der Waals surface area contributed by atoms with Crippen LogP contribution in [0.1, 0.15) is 12.0 Å². The van der Waals surface area contributed by atoms with Crippen LogP contribution in [0.5, 0.6) is 5.75 Å². The Morgan fingerprint density at radius 2 is 1.97 bits per heavy atom. The fourth-order valence-electron chi connectivity index (χ4n) is 3.41. The zero-order chi connectivity index (χ0) is 22.4. The Labute approximate surface area is 185 Å². The number of nitrogens with two attached hydrogens (primary N) is 1. The molecule has 168 valence electrons. The highest BCUT2D eigenvalue weighted by Crippen LogP contribution is 2.27. The van der Waals surface area contributed by atoms with Crippen molar-refractivity contribution in [2.75, 3.05) is 33.3 Å². The number of hydrogen-bond donors (Lipinski definition) is 2. The van der Waals surface area contributed by atoms with Crippen LogP contribution in [0.4, 0.5) is 0 Å². The number of rotatable bonds is 8. The van der Waals surface area contributed by atoms with E-state index in [0.717, 1.165) is 21.2 Å². The summed E-state index contributed by atoms with van der Waals surface area (Å²) in [5.74, 6) is -0.223. The third kappa shape index (κ3) is 5.24. The number of amides is 2. The molecule has 1 unspecified atom stereocenters. The van der Waals surface area contributed by atoms with E-state index in [0.29, 0.717) is 12.2 Å². The number of benzene rings is 1. The first-order valence-corrected chi connectivity index (χ1v) is 12.2. The van der Waals surface area contributed by atoms with Crippen LogP contribution >= 0.6 is 11.3 Å². The Morgan fingerprint density at radius 3 is 2.58 bits per heavy atom. The minimum absolute atomic E-state index is 0.0392. The number of sulfonamides is 1. The predicted octanol–water partition coefficient (Wildman–Crippen LogP) is 0.623. The van der Waals surface area contributed by atoms with Crippen LogP contribution in [0.2, 0.25) is 0 Å². The molecule has 0 bridgehead atoms. The summed E-state index contributed by atoms with van der Waals surface area (Å²) in [6, 6.07) is 10.2. The molecule has 0 saturated carbocycles. The fraction of sp³-hybridized carbons (Fsp3) is 0.400. The van der Waals surface area contributed by atoms with E-state index in [1.807, 2.05) is 0 Å². The number of methoxy groups -OCH3 is 1. The van der Waals surface area contributed by atoms with Crippen molar-refractivity contribution >= 4 is 33.2 Å². The van der Waals surface area contributed by atoms with Crippen LogP contribution in [0, 0.1) is 0 Å². The Hall–Kier alpha value is -2.47. The molecule has 2 amide bonds. The third-order valence-electron chi connectivity index (χ3n) is 4.92. The molecule has 11 heteroatoms. The van der Waals surface area contributed by atoms with Crippen LogP contribution in [0.25, 0.3) is 0 Å². The van der Waals surface area contributed by atoms with Gasteiger partial charge in [-0.2, -0.15) is 4.31 Å². The van der Waals surface area contributed by atoms with Crippen molar-refractivity contribution in [1.82, 2.24) is 14.5 Å². The minimum atomic E-state index is -3.94. The van der Waals surface area contributed by atoms with E-state index >= 15 is 0 Å². The molecule has 2 heterocycles. The molecule has 0 spiro atoms. The second-order valence-corrected chi connectivity index (χ2v) is 10.0. The first-order chi connectivity index (χ1) is 14.9. The summed E-state index contributed by atoms with van der Waals surface area (Å²) in [6.45, 7) is 0.818. The molecule has 31 heavy (non-hydrogen) atoms. The van der Waals surface area contributed by atoms with E-state index in [-0.39, 0.29) is 42.7 Å². The molecule has 1 aromatic heterocycles. The second kappa shape index (κ2) is 10.2. The van der Waals surface area contributed by atoms with E-state index in [4.69, 9.17) is 10.5 Å². The van der Waals surface area contributed by atoms with Gasteiger partial charge >= 0.3 is 0 Å². The lowest BCUT2D eigenvalue weighted by Crippen LogP contribution is -2.63. The standard InChI is InChI=1S/C20H26N4O5S2/c1-29-16-7-5-15(6-8-16)14-17(25)23-11-3-12-24(20(23)19(26)22-10-9-21)31(27,28)18-4-2-13-30-18/h2,4-8,13,20H,3,9-12,14,21H2,1H3,(H,22,26). The predicted molar refractivity (Wildman–Crippen MR) is 117 cm³/mol. The van der Waals surface area contributed by atoms with Crippen molar-refractivity contribution < 1.29 is 22.7 Å². The molecule has 1 aromatic carbocycles. The molecule has 1 aliphatic heterocycles. The number of hydrogen-bond acceptors (Lipinski definition) is 7. The van der Waals surface area contributed by atoms with Crippen LogP contribution in [0.15, 0.2) is 46.0 Å². The zero-order valence-corrected chi connectivity index (χ0v) is 18.8. The first-order valence-electron chi connectivity index (χ1n) is 9.84. The topological polar surface area (TPSA) is 122 Å². The third-order valence-corrected chi connectivity index (χ3v) is 8.14. The molecule has 1 atom stereocenters. The van der Waals surface area contributed by atoms with Crippen molar-refractivity contribution in [2.45, 2.75) is 23.2 Å². The van der Waals surface area contributed by atoms with Crippen molar-refractivity contribution in [3.05, 3.63) is 47.3 Å².